The summed E-state index contributed by atoms with van der Waals surface area (Å²) in [5.41, 5.74) is 0.624. The van der Waals surface area contributed by atoms with Crippen LogP contribution in [0, 0.1) is 5.92 Å². The Morgan fingerprint density at radius 2 is 2.06 bits per heavy atom. The highest BCUT2D eigenvalue weighted by Gasteiger charge is 2.27. The topological polar surface area (TPSA) is 83.6 Å². The van der Waals surface area contributed by atoms with E-state index in [1.807, 2.05) is 11.8 Å². The van der Waals surface area contributed by atoms with Gasteiger partial charge in [0.2, 0.25) is 10.0 Å². The number of rotatable bonds is 2. The van der Waals surface area contributed by atoms with Crippen molar-refractivity contribution in [3.8, 4) is 0 Å². The molecule has 0 amide bonds. The number of anilines is 1. The predicted octanol–water partition coefficient (Wildman–Crippen LogP) is 0.541. The maximum absolute atomic E-state index is 11.5. The number of hydrogen-bond acceptors (Lipinski definition) is 4. The van der Waals surface area contributed by atoms with E-state index in [4.69, 9.17) is 5.14 Å². The molecule has 6 heteroatoms. The van der Waals surface area contributed by atoms with Crippen LogP contribution in [0.1, 0.15) is 13.3 Å². The molecule has 1 aromatic rings. The number of benzene rings is 1. The van der Waals surface area contributed by atoms with E-state index >= 15 is 0 Å². The third kappa shape index (κ3) is 2.66. The molecule has 5 nitrogen and oxygen atoms in total. The molecule has 0 spiro atoms. The maximum atomic E-state index is 11.5. The van der Waals surface area contributed by atoms with Crippen molar-refractivity contribution in [1.82, 2.24) is 0 Å². The summed E-state index contributed by atoms with van der Waals surface area (Å²) in [7, 11) is -3.72. The van der Waals surface area contributed by atoms with Crippen LogP contribution in [0.5, 0.6) is 0 Å². The molecule has 3 N–H and O–H groups in total. The number of nitrogens with two attached hydrogens (primary N) is 1. The maximum Gasteiger partial charge on any atom is 0.240 e. The van der Waals surface area contributed by atoms with Gasteiger partial charge in [-0.05, 0) is 24.5 Å². The number of primary sulfonamides is 1. The average Bonchev–Trinajstić information content (AvgIpc) is 2.32. The van der Waals surface area contributed by atoms with Gasteiger partial charge in [-0.2, -0.15) is 0 Å². The van der Waals surface area contributed by atoms with Crippen LogP contribution in [0.4, 0.5) is 5.69 Å². The summed E-state index contributed by atoms with van der Waals surface area (Å²) in [4.78, 5) is 2.12. The van der Waals surface area contributed by atoms with Crippen molar-refractivity contribution >= 4 is 15.7 Å². The first-order valence-electron chi connectivity index (χ1n) is 5.94. The van der Waals surface area contributed by atoms with Gasteiger partial charge in [-0.1, -0.05) is 19.1 Å². The second-order valence-electron chi connectivity index (χ2n) is 4.79. The van der Waals surface area contributed by atoms with Crippen molar-refractivity contribution in [2.24, 2.45) is 11.1 Å². The molecule has 1 saturated heterocycles. The van der Waals surface area contributed by atoms with E-state index in [1.54, 1.807) is 18.2 Å². The number of aliphatic hydroxyl groups is 1. The van der Waals surface area contributed by atoms with Crippen molar-refractivity contribution in [2.45, 2.75) is 24.3 Å². The summed E-state index contributed by atoms with van der Waals surface area (Å²) in [5, 5.41) is 14.9. The SMILES string of the molecule is CC1CN(c2ccccc2S(N)(=O)=O)CCC1O. The highest BCUT2D eigenvalue weighted by Crippen LogP contribution is 2.28. The summed E-state index contributed by atoms with van der Waals surface area (Å²) in [6, 6.07) is 6.72. The highest BCUT2D eigenvalue weighted by molar-refractivity contribution is 7.89. The molecule has 0 bridgehead atoms. The minimum absolute atomic E-state index is 0.118. The van der Waals surface area contributed by atoms with Crippen LogP contribution in [0.25, 0.3) is 0 Å². The van der Waals surface area contributed by atoms with Gasteiger partial charge in [-0.3, -0.25) is 0 Å². The van der Waals surface area contributed by atoms with Gasteiger partial charge in [0, 0.05) is 13.1 Å². The summed E-state index contributed by atoms with van der Waals surface area (Å²) < 4.78 is 23.1. The summed E-state index contributed by atoms with van der Waals surface area (Å²) in [6.07, 6.45) is 0.322. The fourth-order valence-corrected chi connectivity index (χ4v) is 3.07. The van der Waals surface area contributed by atoms with Crippen molar-refractivity contribution < 1.29 is 13.5 Å². The minimum Gasteiger partial charge on any atom is -0.393 e. The van der Waals surface area contributed by atoms with E-state index in [9.17, 15) is 13.5 Å². The number of piperidine rings is 1. The fourth-order valence-electron chi connectivity index (χ4n) is 2.31. The molecule has 1 aliphatic heterocycles. The molecule has 1 fully saturated rings. The van der Waals surface area contributed by atoms with E-state index in [-0.39, 0.29) is 16.9 Å². The Morgan fingerprint density at radius 1 is 1.39 bits per heavy atom. The Balaban J connectivity index is 2.35. The van der Waals surface area contributed by atoms with Crippen LogP contribution in [-0.4, -0.2) is 32.7 Å². The molecule has 1 aliphatic rings. The molecule has 2 unspecified atom stereocenters. The second kappa shape index (κ2) is 4.87. The number of aliphatic hydroxyl groups excluding tert-OH is 1. The zero-order chi connectivity index (χ0) is 13.3. The standard InChI is InChI=1S/C12H18N2O3S/c1-9-8-14(7-6-11(9)15)10-4-2-3-5-12(10)18(13,16)17/h2-5,9,11,15H,6-8H2,1H3,(H2,13,16,17). The van der Waals surface area contributed by atoms with Crippen LogP contribution in [0.3, 0.4) is 0 Å². The number of nitrogens with zero attached hydrogens (tertiary/aromatic N) is 1. The molecule has 2 atom stereocenters. The lowest BCUT2D eigenvalue weighted by Gasteiger charge is -2.36. The zero-order valence-corrected chi connectivity index (χ0v) is 11.1. The summed E-state index contributed by atoms with van der Waals surface area (Å²) in [5.74, 6) is 0.118. The number of para-hydroxylation sites is 1. The number of sulfonamides is 1. The zero-order valence-electron chi connectivity index (χ0n) is 10.3. The van der Waals surface area contributed by atoms with Gasteiger partial charge < -0.3 is 10.0 Å². The van der Waals surface area contributed by atoms with Crippen molar-refractivity contribution in [2.75, 3.05) is 18.0 Å². The molecule has 18 heavy (non-hydrogen) atoms. The Morgan fingerprint density at radius 3 is 2.67 bits per heavy atom. The normalized spacial score (nSPS) is 25.2. The summed E-state index contributed by atoms with van der Waals surface area (Å²) in [6.45, 7) is 3.22. The van der Waals surface area contributed by atoms with Gasteiger partial charge in [0.15, 0.2) is 0 Å². The van der Waals surface area contributed by atoms with Crippen LogP contribution < -0.4 is 10.0 Å². The van der Waals surface area contributed by atoms with E-state index in [1.165, 1.54) is 6.07 Å². The average molecular weight is 270 g/mol. The first-order valence-corrected chi connectivity index (χ1v) is 7.49. The number of hydrogen-bond donors (Lipinski definition) is 2. The highest BCUT2D eigenvalue weighted by atomic mass is 32.2. The molecule has 2 rings (SSSR count). The van der Waals surface area contributed by atoms with E-state index in [2.05, 4.69) is 0 Å². The van der Waals surface area contributed by atoms with Gasteiger partial charge in [0.1, 0.15) is 4.90 Å². The van der Waals surface area contributed by atoms with E-state index < -0.39 is 10.0 Å². The monoisotopic (exact) mass is 270 g/mol. The van der Waals surface area contributed by atoms with Crippen molar-refractivity contribution in [3.05, 3.63) is 24.3 Å². The van der Waals surface area contributed by atoms with Gasteiger partial charge in [0.05, 0.1) is 11.8 Å². The minimum atomic E-state index is -3.72. The van der Waals surface area contributed by atoms with Crippen LogP contribution in [0.2, 0.25) is 0 Å². The molecular weight excluding hydrogens is 252 g/mol. The quantitative estimate of drug-likeness (QED) is 0.821. The Kier molecular flexibility index (Phi) is 3.61. The Hall–Kier alpha value is -1.11. The molecule has 0 aromatic heterocycles. The van der Waals surface area contributed by atoms with Crippen LogP contribution in [-0.2, 0) is 10.0 Å². The molecular formula is C12H18N2O3S. The second-order valence-corrected chi connectivity index (χ2v) is 6.32. The lowest BCUT2D eigenvalue weighted by atomic mass is 9.96. The molecule has 1 aromatic carbocycles. The molecule has 0 saturated carbocycles. The van der Waals surface area contributed by atoms with E-state index in [0.717, 1.165) is 0 Å². The van der Waals surface area contributed by atoms with Gasteiger partial charge in [0.25, 0.3) is 0 Å². The van der Waals surface area contributed by atoms with E-state index in [0.29, 0.717) is 25.2 Å². The van der Waals surface area contributed by atoms with Crippen LogP contribution >= 0.6 is 0 Å². The molecule has 100 valence electrons. The Labute approximate surface area is 107 Å². The van der Waals surface area contributed by atoms with Crippen LogP contribution in [0.15, 0.2) is 29.2 Å². The first-order chi connectivity index (χ1) is 8.39. The third-order valence-corrected chi connectivity index (χ3v) is 4.33. The predicted molar refractivity (Wildman–Crippen MR) is 69.8 cm³/mol. The lowest BCUT2D eigenvalue weighted by Crippen LogP contribution is -2.42. The summed E-state index contributed by atoms with van der Waals surface area (Å²) >= 11 is 0. The van der Waals surface area contributed by atoms with Crippen molar-refractivity contribution in [1.29, 1.82) is 0 Å². The fraction of sp³-hybridized carbons (Fsp3) is 0.500. The molecule has 0 aliphatic carbocycles. The first kappa shape index (κ1) is 13.3. The Bertz CT molecular complexity index is 530. The lowest BCUT2D eigenvalue weighted by molar-refractivity contribution is 0.0969. The largest absolute Gasteiger partial charge is 0.393 e. The van der Waals surface area contributed by atoms with Gasteiger partial charge >= 0.3 is 0 Å². The third-order valence-electron chi connectivity index (χ3n) is 3.37. The van der Waals surface area contributed by atoms with Gasteiger partial charge in [-0.15, -0.1) is 0 Å². The molecule has 1 heterocycles. The smallest absolute Gasteiger partial charge is 0.240 e. The van der Waals surface area contributed by atoms with Gasteiger partial charge in [-0.25, -0.2) is 13.6 Å². The molecule has 0 radical (unpaired) electrons. The van der Waals surface area contributed by atoms with Crippen molar-refractivity contribution in [3.63, 3.8) is 0 Å².